The van der Waals surface area contributed by atoms with Crippen LogP contribution in [0.1, 0.15) is 5.69 Å². The fourth-order valence-electron chi connectivity index (χ4n) is 2.05. The van der Waals surface area contributed by atoms with E-state index in [0.29, 0.717) is 5.89 Å². The van der Waals surface area contributed by atoms with Crippen LogP contribution >= 0.6 is 0 Å². The molecule has 1 aromatic heterocycles. The number of nitrogens with one attached hydrogen (secondary N) is 1. The lowest BCUT2D eigenvalue weighted by atomic mass is 10.2. The molecule has 0 amide bonds. The van der Waals surface area contributed by atoms with Crippen LogP contribution in [-0.2, 0) is 6.42 Å². The van der Waals surface area contributed by atoms with Crippen molar-refractivity contribution in [1.82, 2.24) is 4.98 Å². The van der Waals surface area contributed by atoms with Crippen molar-refractivity contribution in [1.29, 1.82) is 0 Å². The van der Waals surface area contributed by atoms with Gasteiger partial charge in [-0.2, -0.15) is 0 Å². The molecule has 4 nitrogen and oxygen atoms in total. The highest BCUT2D eigenvalue weighted by Gasteiger charge is 2.05. The summed E-state index contributed by atoms with van der Waals surface area (Å²) < 4.78 is 5.50. The molecule has 0 spiro atoms. The maximum atomic E-state index is 9.22. The van der Waals surface area contributed by atoms with Crippen LogP contribution in [0.3, 0.4) is 0 Å². The number of nitrogens with zero attached hydrogens (tertiary/aromatic N) is 1. The average molecular weight is 280 g/mol. The summed E-state index contributed by atoms with van der Waals surface area (Å²) in [5, 5.41) is 12.5. The van der Waals surface area contributed by atoms with Gasteiger partial charge in [0.2, 0.25) is 5.89 Å². The molecule has 0 unspecified atom stereocenters. The first-order valence-corrected chi connectivity index (χ1v) is 6.84. The molecule has 106 valence electrons. The van der Waals surface area contributed by atoms with Gasteiger partial charge in [0.25, 0.3) is 0 Å². The Bertz CT molecular complexity index is 690. The first-order chi connectivity index (χ1) is 10.3. The quantitative estimate of drug-likeness (QED) is 0.700. The fraction of sp³-hybridized carbons (Fsp3) is 0.118. The summed E-state index contributed by atoms with van der Waals surface area (Å²) >= 11 is 0. The van der Waals surface area contributed by atoms with Crippen molar-refractivity contribution in [2.24, 2.45) is 0 Å². The van der Waals surface area contributed by atoms with Crippen molar-refractivity contribution < 1.29 is 9.52 Å². The zero-order valence-electron chi connectivity index (χ0n) is 11.5. The Morgan fingerprint density at radius 1 is 1.00 bits per heavy atom. The van der Waals surface area contributed by atoms with Gasteiger partial charge in [-0.1, -0.05) is 18.2 Å². The molecule has 0 aliphatic carbocycles. The number of phenols is 1. The van der Waals surface area contributed by atoms with Crippen molar-refractivity contribution in [3.8, 4) is 17.2 Å². The number of anilines is 1. The second-order valence-corrected chi connectivity index (χ2v) is 4.73. The number of aromatic nitrogens is 1. The van der Waals surface area contributed by atoms with Crippen LogP contribution in [0.2, 0.25) is 0 Å². The van der Waals surface area contributed by atoms with Gasteiger partial charge in [-0.25, -0.2) is 4.98 Å². The van der Waals surface area contributed by atoms with Gasteiger partial charge in [-0.15, -0.1) is 0 Å². The molecule has 0 saturated carbocycles. The van der Waals surface area contributed by atoms with Gasteiger partial charge in [0.1, 0.15) is 12.0 Å². The highest BCUT2D eigenvalue weighted by Crippen LogP contribution is 2.18. The Labute approximate surface area is 123 Å². The van der Waals surface area contributed by atoms with E-state index < -0.39 is 0 Å². The third-order valence-corrected chi connectivity index (χ3v) is 3.15. The second kappa shape index (κ2) is 6.13. The van der Waals surface area contributed by atoms with E-state index in [2.05, 4.69) is 10.3 Å². The summed E-state index contributed by atoms with van der Waals surface area (Å²) in [6, 6.07) is 16.8. The SMILES string of the molecule is Oc1ccc(NCCc2coc(-c3ccccc3)n2)cc1. The summed E-state index contributed by atoms with van der Waals surface area (Å²) in [7, 11) is 0. The minimum atomic E-state index is 0.268. The van der Waals surface area contributed by atoms with Crippen LogP contribution in [0.25, 0.3) is 11.5 Å². The van der Waals surface area contributed by atoms with Gasteiger partial charge in [0.05, 0.1) is 5.69 Å². The molecule has 3 rings (SSSR count). The lowest BCUT2D eigenvalue weighted by molar-refractivity contribution is 0.475. The number of oxazole rings is 1. The summed E-state index contributed by atoms with van der Waals surface area (Å²) in [6.45, 7) is 0.755. The Morgan fingerprint density at radius 3 is 2.52 bits per heavy atom. The molecule has 0 atom stereocenters. The normalized spacial score (nSPS) is 10.5. The van der Waals surface area contributed by atoms with Crippen molar-refractivity contribution in [2.45, 2.75) is 6.42 Å². The first-order valence-electron chi connectivity index (χ1n) is 6.84. The average Bonchev–Trinajstić information content (AvgIpc) is 2.99. The number of phenolic OH excluding ortho intramolecular Hbond substituents is 1. The molecule has 21 heavy (non-hydrogen) atoms. The van der Waals surface area contributed by atoms with E-state index in [1.54, 1.807) is 18.4 Å². The molecule has 3 aromatic rings. The van der Waals surface area contributed by atoms with Crippen molar-refractivity contribution in [2.75, 3.05) is 11.9 Å². The largest absolute Gasteiger partial charge is 0.508 e. The lowest BCUT2D eigenvalue weighted by Gasteiger charge is -2.04. The molecule has 0 fully saturated rings. The fourth-order valence-corrected chi connectivity index (χ4v) is 2.05. The molecule has 2 aromatic carbocycles. The lowest BCUT2D eigenvalue weighted by Crippen LogP contribution is -2.04. The van der Waals surface area contributed by atoms with E-state index in [4.69, 9.17) is 4.42 Å². The number of aromatic hydroxyl groups is 1. The maximum absolute atomic E-state index is 9.22. The predicted molar refractivity (Wildman–Crippen MR) is 82.2 cm³/mol. The van der Waals surface area contributed by atoms with Crippen LogP contribution in [0.4, 0.5) is 5.69 Å². The van der Waals surface area contributed by atoms with Crippen LogP contribution in [0, 0.1) is 0 Å². The van der Waals surface area contributed by atoms with Gasteiger partial charge < -0.3 is 14.8 Å². The molecular formula is C17H16N2O2. The second-order valence-electron chi connectivity index (χ2n) is 4.73. The van der Waals surface area contributed by atoms with Crippen LogP contribution < -0.4 is 5.32 Å². The molecule has 0 aliphatic heterocycles. The summed E-state index contributed by atoms with van der Waals surface area (Å²) in [4.78, 5) is 4.48. The topological polar surface area (TPSA) is 58.3 Å². The van der Waals surface area contributed by atoms with E-state index in [9.17, 15) is 5.11 Å². The Morgan fingerprint density at radius 2 is 1.76 bits per heavy atom. The van der Waals surface area contributed by atoms with Gasteiger partial charge in [0.15, 0.2) is 0 Å². The number of rotatable bonds is 5. The highest BCUT2D eigenvalue weighted by molar-refractivity contribution is 5.52. The third-order valence-electron chi connectivity index (χ3n) is 3.15. The predicted octanol–water partition coefficient (Wildman–Crippen LogP) is 3.70. The monoisotopic (exact) mass is 280 g/mol. The Hall–Kier alpha value is -2.75. The summed E-state index contributed by atoms with van der Waals surface area (Å²) in [6.07, 6.45) is 2.47. The first kappa shape index (κ1) is 13.2. The molecule has 0 aliphatic rings. The number of hydrogen-bond donors (Lipinski definition) is 2. The molecule has 1 heterocycles. The zero-order valence-corrected chi connectivity index (χ0v) is 11.5. The number of benzene rings is 2. The molecule has 0 radical (unpaired) electrons. The molecule has 0 saturated heterocycles. The molecule has 2 N–H and O–H groups in total. The van der Waals surface area contributed by atoms with E-state index in [1.807, 2.05) is 42.5 Å². The van der Waals surface area contributed by atoms with E-state index in [1.165, 1.54) is 0 Å². The van der Waals surface area contributed by atoms with E-state index in [0.717, 1.165) is 29.9 Å². The maximum Gasteiger partial charge on any atom is 0.226 e. The van der Waals surface area contributed by atoms with Gasteiger partial charge >= 0.3 is 0 Å². The molecular weight excluding hydrogens is 264 g/mol. The van der Waals surface area contributed by atoms with Crippen LogP contribution in [0.15, 0.2) is 65.3 Å². The smallest absolute Gasteiger partial charge is 0.226 e. The number of hydrogen-bond acceptors (Lipinski definition) is 4. The van der Waals surface area contributed by atoms with Crippen LogP contribution in [0.5, 0.6) is 5.75 Å². The highest BCUT2D eigenvalue weighted by atomic mass is 16.3. The standard InChI is InChI=1S/C17H16N2O2/c20-16-8-6-14(7-9-16)18-11-10-15-12-21-17(19-15)13-4-2-1-3-5-13/h1-9,12,18,20H,10-11H2. The molecule has 4 heteroatoms. The molecule has 0 bridgehead atoms. The van der Waals surface area contributed by atoms with E-state index in [-0.39, 0.29) is 5.75 Å². The zero-order chi connectivity index (χ0) is 14.5. The van der Waals surface area contributed by atoms with Gasteiger partial charge in [0, 0.05) is 24.2 Å². The Balaban J connectivity index is 1.57. The van der Waals surface area contributed by atoms with Crippen molar-refractivity contribution >= 4 is 5.69 Å². The summed E-state index contributed by atoms with van der Waals surface area (Å²) in [5.41, 5.74) is 2.87. The van der Waals surface area contributed by atoms with E-state index >= 15 is 0 Å². The minimum absolute atomic E-state index is 0.268. The summed E-state index contributed by atoms with van der Waals surface area (Å²) in [5.74, 6) is 0.916. The van der Waals surface area contributed by atoms with Crippen molar-refractivity contribution in [3.05, 3.63) is 66.6 Å². The minimum Gasteiger partial charge on any atom is -0.508 e. The van der Waals surface area contributed by atoms with Crippen molar-refractivity contribution in [3.63, 3.8) is 0 Å². The van der Waals surface area contributed by atoms with Gasteiger partial charge in [-0.05, 0) is 36.4 Å². The Kier molecular flexibility index (Phi) is 3.87. The van der Waals surface area contributed by atoms with Gasteiger partial charge in [-0.3, -0.25) is 0 Å². The third kappa shape index (κ3) is 3.42. The van der Waals surface area contributed by atoms with Crippen LogP contribution in [-0.4, -0.2) is 16.6 Å².